The largest absolute Gasteiger partial charge is 0.441 e. The number of pyridine rings is 1. The summed E-state index contributed by atoms with van der Waals surface area (Å²) in [6.45, 7) is 5.58. The molecule has 0 fully saturated rings. The average Bonchev–Trinajstić information content (AvgIpc) is 2.96. The number of rotatable bonds is 4. The van der Waals surface area contributed by atoms with Crippen molar-refractivity contribution in [3.8, 4) is 11.3 Å². The summed E-state index contributed by atoms with van der Waals surface area (Å²) in [4.78, 5) is 16.4. The maximum atomic E-state index is 12.3. The number of benzene rings is 1. The molecule has 1 N–H and O–H groups in total. The minimum atomic E-state index is -0.563. The fourth-order valence-corrected chi connectivity index (χ4v) is 2.61. The van der Waals surface area contributed by atoms with Crippen molar-refractivity contribution >= 4 is 11.8 Å². The Bertz CT molecular complexity index is 875. The highest BCUT2D eigenvalue weighted by Gasteiger charge is 2.20. The summed E-state index contributed by atoms with van der Waals surface area (Å²) in [7, 11) is 0. The number of ether oxygens (including phenoxy) is 1. The molecule has 0 saturated carbocycles. The molecule has 1 amide bonds. The third kappa shape index (κ3) is 3.68. The summed E-state index contributed by atoms with van der Waals surface area (Å²) in [5.74, 6) is 0.450. The van der Waals surface area contributed by atoms with Crippen molar-refractivity contribution in [2.75, 3.05) is 5.32 Å². The highest BCUT2D eigenvalue weighted by molar-refractivity contribution is 5.90. The number of hydrogen-bond acceptors (Lipinski definition) is 5. The van der Waals surface area contributed by atoms with E-state index in [1.54, 1.807) is 25.4 Å². The van der Waals surface area contributed by atoms with Gasteiger partial charge in [0.25, 0.3) is 0 Å². The van der Waals surface area contributed by atoms with Crippen LogP contribution in [0.1, 0.15) is 29.8 Å². The van der Waals surface area contributed by atoms with Gasteiger partial charge in [-0.05, 0) is 44.0 Å². The van der Waals surface area contributed by atoms with Crippen LogP contribution in [0.4, 0.5) is 10.5 Å². The summed E-state index contributed by atoms with van der Waals surface area (Å²) in [5, 5.41) is 6.66. The van der Waals surface area contributed by atoms with Crippen LogP contribution >= 0.6 is 0 Å². The molecule has 2 heterocycles. The summed E-state index contributed by atoms with van der Waals surface area (Å²) < 4.78 is 10.8. The molecule has 1 aromatic carbocycles. The van der Waals surface area contributed by atoms with Crippen molar-refractivity contribution in [1.29, 1.82) is 0 Å². The van der Waals surface area contributed by atoms with Crippen molar-refractivity contribution in [3.05, 3.63) is 65.6 Å². The Morgan fingerprint density at radius 3 is 2.72 bits per heavy atom. The summed E-state index contributed by atoms with van der Waals surface area (Å²) in [6, 6.07) is 11.4. The molecule has 25 heavy (non-hydrogen) atoms. The quantitative estimate of drug-likeness (QED) is 0.749. The Balaban J connectivity index is 1.76. The van der Waals surface area contributed by atoms with Crippen LogP contribution < -0.4 is 5.32 Å². The molecule has 2 aromatic heterocycles. The molecule has 0 bridgehead atoms. The number of nitrogens with one attached hydrogen (secondary N) is 1. The molecule has 6 nitrogen and oxygen atoms in total. The van der Waals surface area contributed by atoms with Crippen LogP contribution in [0, 0.1) is 13.8 Å². The summed E-state index contributed by atoms with van der Waals surface area (Å²) in [5.41, 5.74) is 3.81. The fourth-order valence-electron chi connectivity index (χ4n) is 2.61. The molecule has 128 valence electrons. The number of amides is 1. The number of nitrogens with zero attached hydrogens (tertiary/aromatic N) is 2. The van der Waals surface area contributed by atoms with Gasteiger partial charge in [-0.1, -0.05) is 29.4 Å². The van der Waals surface area contributed by atoms with Crippen LogP contribution in [0.15, 0.2) is 53.3 Å². The normalized spacial score (nSPS) is 11.8. The topological polar surface area (TPSA) is 77.2 Å². The first-order chi connectivity index (χ1) is 12.1. The minimum absolute atomic E-state index is 0.372. The van der Waals surface area contributed by atoms with Crippen LogP contribution in [0.25, 0.3) is 11.3 Å². The summed E-state index contributed by atoms with van der Waals surface area (Å²) in [6.07, 6.45) is 2.38. The Hall–Kier alpha value is -3.15. The third-order valence-electron chi connectivity index (χ3n) is 3.92. The second-order valence-electron chi connectivity index (χ2n) is 5.74. The first kappa shape index (κ1) is 16.7. The van der Waals surface area contributed by atoms with Crippen molar-refractivity contribution in [3.63, 3.8) is 0 Å². The second-order valence-corrected chi connectivity index (χ2v) is 5.74. The van der Waals surface area contributed by atoms with E-state index in [1.165, 1.54) is 0 Å². The van der Waals surface area contributed by atoms with E-state index in [-0.39, 0.29) is 6.10 Å². The standard InChI is InChI=1S/C19H19N3O3/c1-12-7-4-5-9-16(12)14(3)24-19(23)21-17-13(2)22-25-18(17)15-8-6-10-20-11-15/h4-11,14H,1-3H3,(H,21,23). The minimum Gasteiger partial charge on any atom is -0.441 e. The van der Waals surface area contributed by atoms with Crippen molar-refractivity contribution in [2.24, 2.45) is 0 Å². The highest BCUT2D eigenvalue weighted by atomic mass is 16.6. The molecule has 0 saturated heterocycles. The van der Waals surface area contributed by atoms with Gasteiger partial charge in [0, 0.05) is 18.0 Å². The summed E-state index contributed by atoms with van der Waals surface area (Å²) >= 11 is 0. The van der Waals surface area contributed by atoms with E-state index >= 15 is 0 Å². The monoisotopic (exact) mass is 337 g/mol. The van der Waals surface area contributed by atoms with Gasteiger partial charge in [0.15, 0.2) is 5.76 Å². The van der Waals surface area contributed by atoms with E-state index < -0.39 is 6.09 Å². The molecule has 1 atom stereocenters. The molecule has 0 aliphatic carbocycles. The highest BCUT2D eigenvalue weighted by Crippen LogP contribution is 2.31. The molecule has 6 heteroatoms. The van der Waals surface area contributed by atoms with Crippen molar-refractivity contribution < 1.29 is 14.1 Å². The fraction of sp³-hybridized carbons (Fsp3) is 0.211. The van der Waals surface area contributed by atoms with E-state index in [0.29, 0.717) is 17.1 Å². The van der Waals surface area contributed by atoms with Crippen LogP contribution in [0.5, 0.6) is 0 Å². The van der Waals surface area contributed by atoms with Crippen LogP contribution in [-0.4, -0.2) is 16.2 Å². The zero-order valence-corrected chi connectivity index (χ0v) is 14.3. The molecular weight excluding hydrogens is 318 g/mol. The van der Waals surface area contributed by atoms with E-state index in [0.717, 1.165) is 16.7 Å². The van der Waals surface area contributed by atoms with Crippen LogP contribution in [0.2, 0.25) is 0 Å². The zero-order chi connectivity index (χ0) is 17.8. The average molecular weight is 337 g/mol. The lowest BCUT2D eigenvalue weighted by atomic mass is 10.1. The van der Waals surface area contributed by atoms with E-state index in [2.05, 4.69) is 15.5 Å². The van der Waals surface area contributed by atoms with Gasteiger partial charge in [0.05, 0.1) is 0 Å². The molecule has 0 radical (unpaired) electrons. The van der Waals surface area contributed by atoms with Crippen molar-refractivity contribution in [2.45, 2.75) is 26.9 Å². The van der Waals surface area contributed by atoms with Gasteiger partial charge in [0.2, 0.25) is 0 Å². The Kier molecular flexibility index (Phi) is 4.79. The van der Waals surface area contributed by atoms with Gasteiger partial charge >= 0.3 is 6.09 Å². The number of carbonyl (C=O) groups is 1. The van der Waals surface area contributed by atoms with E-state index in [9.17, 15) is 4.79 Å². The molecule has 0 aliphatic heterocycles. The number of aromatic nitrogens is 2. The zero-order valence-electron chi connectivity index (χ0n) is 14.3. The first-order valence-electron chi connectivity index (χ1n) is 7.96. The van der Waals surface area contributed by atoms with Crippen molar-refractivity contribution in [1.82, 2.24) is 10.1 Å². The smallest absolute Gasteiger partial charge is 0.412 e. The van der Waals surface area contributed by atoms with Crippen LogP contribution in [0.3, 0.4) is 0 Å². The van der Waals surface area contributed by atoms with E-state index in [1.807, 2.05) is 44.2 Å². The molecule has 0 spiro atoms. The molecule has 3 rings (SSSR count). The van der Waals surface area contributed by atoms with Gasteiger partial charge in [-0.15, -0.1) is 0 Å². The second kappa shape index (κ2) is 7.17. The van der Waals surface area contributed by atoms with Gasteiger partial charge in [-0.2, -0.15) is 0 Å². The number of hydrogen-bond donors (Lipinski definition) is 1. The SMILES string of the molecule is Cc1ccccc1C(C)OC(=O)Nc1c(C)noc1-c1cccnc1. The Labute approximate surface area is 145 Å². The third-order valence-corrected chi connectivity index (χ3v) is 3.92. The Morgan fingerprint density at radius 2 is 2.00 bits per heavy atom. The molecule has 1 unspecified atom stereocenters. The first-order valence-corrected chi connectivity index (χ1v) is 7.96. The lowest BCUT2D eigenvalue weighted by molar-refractivity contribution is 0.121. The van der Waals surface area contributed by atoms with Gasteiger partial charge < -0.3 is 9.26 Å². The maximum Gasteiger partial charge on any atom is 0.412 e. The van der Waals surface area contributed by atoms with Crippen LogP contribution in [-0.2, 0) is 4.74 Å². The lowest BCUT2D eigenvalue weighted by Crippen LogP contribution is -2.17. The number of carbonyl (C=O) groups excluding carboxylic acids is 1. The lowest BCUT2D eigenvalue weighted by Gasteiger charge is -2.16. The maximum absolute atomic E-state index is 12.3. The predicted molar refractivity (Wildman–Crippen MR) is 94.2 cm³/mol. The molecule has 0 aliphatic rings. The van der Waals surface area contributed by atoms with Gasteiger partial charge in [-0.3, -0.25) is 10.3 Å². The number of anilines is 1. The van der Waals surface area contributed by atoms with Gasteiger partial charge in [-0.25, -0.2) is 4.79 Å². The predicted octanol–water partition coefficient (Wildman–Crippen LogP) is 4.66. The van der Waals surface area contributed by atoms with Gasteiger partial charge in [0.1, 0.15) is 17.5 Å². The van der Waals surface area contributed by atoms with E-state index in [4.69, 9.17) is 9.26 Å². The molecule has 3 aromatic rings. The Morgan fingerprint density at radius 1 is 1.20 bits per heavy atom. The number of aryl methyl sites for hydroxylation is 2. The molecular formula is C19H19N3O3.